The molecule has 0 saturated carbocycles. The summed E-state index contributed by atoms with van der Waals surface area (Å²) < 4.78 is 29.6. The number of ether oxygens (including phenoxy) is 1. The quantitative estimate of drug-likeness (QED) is 0.549. The van der Waals surface area contributed by atoms with Crippen LogP contribution in [-0.2, 0) is 21.2 Å². The first kappa shape index (κ1) is 21.3. The fourth-order valence-electron chi connectivity index (χ4n) is 2.88. The maximum absolute atomic E-state index is 12.0. The second kappa shape index (κ2) is 8.53. The van der Waals surface area contributed by atoms with E-state index in [-0.39, 0.29) is 17.5 Å². The van der Waals surface area contributed by atoms with Gasteiger partial charge in [0, 0.05) is 34.9 Å². The first-order valence-electron chi connectivity index (χ1n) is 8.57. The molecule has 0 spiro atoms. The molecular weight excluding hydrogens is 513 g/mol. The molecule has 0 unspecified atom stereocenters. The van der Waals surface area contributed by atoms with Crippen molar-refractivity contribution in [3.8, 4) is 11.5 Å². The predicted octanol–water partition coefficient (Wildman–Crippen LogP) is 3.09. The van der Waals surface area contributed by atoms with E-state index in [1.165, 1.54) is 18.3 Å². The van der Waals surface area contributed by atoms with E-state index in [0.717, 1.165) is 12.7 Å². The molecule has 1 saturated heterocycles. The molecule has 2 aromatic rings. The Morgan fingerprint density at radius 1 is 1.38 bits per heavy atom. The maximum atomic E-state index is 12.0. The highest BCUT2D eigenvalue weighted by Gasteiger charge is 2.23. The first-order chi connectivity index (χ1) is 13.6. The summed E-state index contributed by atoms with van der Waals surface area (Å²) in [5, 5.41) is 11.3. The molecule has 154 valence electrons. The molecule has 1 aliphatic heterocycles. The Hall–Kier alpha value is -2.41. The van der Waals surface area contributed by atoms with Crippen molar-refractivity contribution in [3.63, 3.8) is 0 Å². The number of nitrogens with one attached hydrogen (secondary N) is 1. The standard InChI is InChI=1S/C18H18IN3O6S/c1-29(26,27)16-5-4-12(9-20-16)28-15-8-13(19)14(21-18(24)25)7-11(15)10-22-6-2-3-17(22)23/h4-5,7-9,21H,2-3,6,10H2,1H3,(H,24,25). The van der Waals surface area contributed by atoms with E-state index in [2.05, 4.69) is 10.3 Å². The Morgan fingerprint density at radius 3 is 2.69 bits per heavy atom. The van der Waals surface area contributed by atoms with Crippen molar-refractivity contribution < 1.29 is 27.9 Å². The molecule has 1 fully saturated rings. The Balaban J connectivity index is 1.93. The topological polar surface area (TPSA) is 126 Å². The number of hydrogen-bond donors (Lipinski definition) is 2. The van der Waals surface area contributed by atoms with Crippen LogP contribution >= 0.6 is 22.6 Å². The molecule has 1 aromatic heterocycles. The van der Waals surface area contributed by atoms with E-state index >= 15 is 0 Å². The van der Waals surface area contributed by atoms with Gasteiger partial charge in [0.05, 0.1) is 11.9 Å². The number of benzene rings is 1. The van der Waals surface area contributed by atoms with Crippen LogP contribution in [-0.4, -0.2) is 48.2 Å². The van der Waals surface area contributed by atoms with Gasteiger partial charge in [-0.3, -0.25) is 10.1 Å². The molecule has 11 heteroatoms. The summed E-state index contributed by atoms with van der Waals surface area (Å²) >= 11 is 1.98. The summed E-state index contributed by atoms with van der Waals surface area (Å²) in [6.07, 6.45) is 2.43. The molecular formula is C18H18IN3O6S. The van der Waals surface area contributed by atoms with Gasteiger partial charge in [-0.1, -0.05) is 0 Å². The Labute approximate surface area is 181 Å². The first-order valence-corrected chi connectivity index (χ1v) is 11.5. The second-order valence-electron chi connectivity index (χ2n) is 6.50. The molecule has 3 rings (SSSR count). The molecule has 0 radical (unpaired) electrons. The lowest BCUT2D eigenvalue weighted by Crippen LogP contribution is -2.24. The molecule has 29 heavy (non-hydrogen) atoms. The normalized spacial score (nSPS) is 14.1. The fraction of sp³-hybridized carbons (Fsp3) is 0.278. The van der Waals surface area contributed by atoms with E-state index < -0.39 is 15.9 Å². The van der Waals surface area contributed by atoms with Crippen molar-refractivity contribution in [2.45, 2.75) is 24.4 Å². The van der Waals surface area contributed by atoms with Gasteiger partial charge in [-0.25, -0.2) is 18.2 Å². The lowest BCUT2D eigenvalue weighted by Gasteiger charge is -2.20. The molecule has 1 aliphatic rings. The molecule has 9 nitrogen and oxygen atoms in total. The van der Waals surface area contributed by atoms with Crippen LogP contribution < -0.4 is 10.1 Å². The molecule has 0 atom stereocenters. The monoisotopic (exact) mass is 531 g/mol. The zero-order chi connectivity index (χ0) is 21.2. The molecule has 2 heterocycles. The number of carbonyl (C=O) groups excluding carboxylic acids is 1. The zero-order valence-electron chi connectivity index (χ0n) is 15.4. The number of sulfone groups is 1. The summed E-state index contributed by atoms with van der Waals surface area (Å²) in [6, 6.07) is 6.13. The van der Waals surface area contributed by atoms with E-state index in [0.29, 0.717) is 39.3 Å². The van der Waals surface area contributed by atoms with E-state index in [1.807, 2.05) is 22.6 Å². The van der Waals surface area contributed by atoms with Crippen LogP contribution in [0.15, 0.2) is 35.5 Å². The number of carboxylic acid groups (broad SMARTS) is 1. The average molecular weight is 531 g/mol. The van der Waals surface area contributed by atoms with Gasteiger partial charge in [-0.05, 0) is 53.3 Å². The third-order valence-electron chi connectivity index (χ3n) is 4.24. The van der Waals surface area contributed by atoms with Gasteiger partial charge in [0.2, 0.25) is 5.91 Å². The number of nitrogens with zero attached hydrogens (tertiary/aromatic N) is 2. The number of hydrogen-bond acceptors (Lipinski definition) is 6. The van der Waals surface area contributed by atoms with E-state index in [9.17, 15) is 18.0 Å². The number of carbonyl (C=O) groups is 2. The minimum Gasteiger partial charge on any atom is -0.465 e. The molecule has 0 bridgehead atoms. The summed E-state index contributed by atoms with van der Waals surface area (Å²) in [5.41, 5.74) is 1.01. The average Bonchev–Trinajstić information content (AvgIpc) is 3.03. The highest BCUT2D eigenvalue weighted by Crippen LogP contribution is 2.33. The van der Waals surface area contributed by atoms with Gasteiger partial charge in [0.15, 0.2) is 14.9 Å². The van der Waals surface area contributed by atoms with Crippen LogP contribution in [0.4, 0.5) is 10.5 Å². The van der Waals surface area contributed by atoms with Gasteiger partial charge in [-0.15, -0.1) is 0 Å². The number of likely N-dealkylation sites (tertiary alicyclic amines) is 1. The third kappa shape index (κ3) is 5.35. The lowest BCUT2D eigenvalue weighted by molar-refractivity contribution is -0.128. The van der Waals surface area contributed by atoms with Crippen LogP contribution in [0.25, 0.3) is 0 Å². The van der Waals surface area contributed by atoms with Crippen LogP contribution in [0.3, 0.4) is 0 Å². The predicted molar refractivity (Wildman–Crippen MR) is 113 cm³/mol. The largest absolute Gasteiger partial charge is 0.465 e. The highest BCUT2D eigenvalue weighted by atomic mass is 127. The van der Waals surface area contributed by atoms with Crippen molar-refractivity contribution >= 4 is 50.1 Å². The number of halogens is 1. The van der Waals surface area contributed by atoms with Crippen molar-refractivity contribution in [1.82, 2.24) is 9.88 Å². The zero-order valence-corrected chi connectivity index (χ0v) is 18.4. The SMILES string of the molecule is CS(=O)(=O)c1ccc(Oc2cc(I)c(NC(=O)O)cc2CN2CCCC2=O)cn1. The van der Waals surface area contributed by atoms with Gasteiger partial charge in [0.25, 0.3) is 0 Å². The Bertz CT molecular complexity index is 1060. The fourth-order valence-corrected chi connectivity index (χ4v) is 4.01. The molecule has 2 amide bonds. The third-order valence-corrected chi connectivity index (χ3v) is 6.14. The smallest absolute Gasteiger partial charge is 0.409 e. The number of anilines is 1. The number of pyridine rings is 1. The van der Waals surface area contributed by atoms with Gasteiger partial charge in [-0.2, -0.15) is 0 Å². The lowest BCUT2D eigenvalue weighted by atomic mass is 10.1. The number of amides is 2. The van der Waals surface area contributed by atoms with Crippen LogP contribution in [0.1, 0.15) is 18.4 Å². The molecule has 2 N–H and O–H groups in total. The molecule has 1 aromatic carbocycles. The van der Waals surface area contributed by atoms with Gasteiger partial charge < -0.3 is 14.7 Å². The van der Waals surface area contributed by atoms with Gasteiger partial charge in [0.1, 0.15) is 11.5 Å². The van der Waals surface area contributed by atoms with Crippen LogP contribution in [0, 0.1) is 3.57 Å². The van der Waals surface area contributed by atoms with E-state index in [4.69, 9.17) is 9.84 Å². The minimum atomic E-state index is -3.42. The van der Waals surface area contributed by atoms with Gasteiger partial charge >= 0.3 is 6.09 Å². The summed E-state index contributed by atoms with van der Waals surface area (Å²) in [4.78, 5) is 28.7. The summed E-state index contributed by atoms with van der Waals surface area (Å²) in [5.74, 6) is 0.779. The number of aromatic nitrogens is 1. The Kier molecular flexibility index (Phi) is 6.27. The van der Waals surface area contributed by atoms with Crippen molar-refractivity contribution in [3.05, 3.63) is 39.6 Å². The highest BCUT2D eigenvalue weighted by molar-refractivity contribution is 14.1. The number of rotatable bonds is 6. The summed E-state index contributed by atoms with van der Waals surface area (Å²) in [6.45, 7) is 0.894. The second-order valence-corrected chi connectivity index (χ2v) is 9.62. The Morgan fingerprint density at radius 2 is 2.14 bits per heavy atom. The maximum Gasteiger partial charge on any atom is 0.409 e. The van der Waals surface area contributed by atoms with Crippen molar-refractivity contribution in [1.29, 1.82) is 0 Å². The summed E-state index contributed by atoms with van der Waals surface area (Å²) in [7, 11) is -3.42. The van der Waals surface area contributed by atoms with Crippen LogP contribution in [0.5, 0.6) is 11.5 Å². The van der Waals surface area contributed by atoms with Crippen molar-refractivity contribution in [2.75, 3.05) is 18.1 Å². The van der Waals surface area contributed by atoms with Crippen molar-refractivity contribution in [2.24, 2.45) is 0 Å². The van der Waals surface area contributed by atoms with Crippen LogP contribution in [0.2, 0.25) is 0 Å². The van der Waals surface area contributed by atoms with E-state index in [1.54, 1.807) is 17.0 Å². The molecule has 0 aliphatic carbocycles. The minimum absolute atomic E-state index is 0.0291.